The molecule has 0 atom stereocenters. The molecule has 0 radical (unpaired) electrons. The minimum atomic E-state index is 0.580. The molecular weight excluding hydrogens is 214 g/mol. The largest absolute Gasteiger partial charge is 0.330 e. The van der Waals surface area contributed by atoms with Crippen LogP contribution in [-0.2, 0) is 0 Å². The maximum absolute atomic E-state index is 5.66. The molecule has 0 aromatic heterocycles. The van der Waals surface area contributed by atoms with Crippen molar-refractivity contribution in [3.63, 3.8) is 0 Å². The average molecular weight is 235 g/mol. The van der Waals surface area contributed by atoms with Gasteiger partial charge in [-0.3, -0.25) is 0 Å². The minimum absolute atomic E-state index is 0.580. The Morgan fingerprint density at radius 2 is 2.06 bits per heavy atom. The molecule has 16 heavy (non-hydrogen) atoms. The topological polar surface area (TPSA) is 26.0 Å². The highest BCUT2D eigenvalue weighted by molar-refractivity contribution is 7.99. The highest BCUT2D eigenvalue weighted by Crippen LogP contribution is 2.51. The van der Waals surface area contributed by atoms with Crippen LogP contribution in [0.2, 0.25) is 0 Å². The Morgan fingerprint density at radius 1 is 1.31 bits per heavy atom. The first-order chi connectivity index (χ1) is 7.65. The molecule has 0 aliphatic heterocycles. The Hall–Kier alpha value is -0.470. The summed E-state index contributed by atoms with van der Waals surface area (Å²) < 4.78 is 0. The summed E-state index contributed by atoms with van der Waals surface area (Å²) in [5.74, 6) is 1.24. The summed E-state index contributed by atoms with van der Waals surface area (Å²) in [5, 5.41) is 0. The third-order valence-electron chi connectivity index (χ3n) is 3.50. The summed E-state index contributed by atoms with van der Waals surface area (Å²) >= 11 is 2.01. The van der Waals surface area contributed by atoms with E-state index in [4.69, 9.17) is 5.73 Å². The summed E-state index contributed by atoms with van der Waals surface area (Å²) in [6.07, 6.45) is 3.95. The van der Waals surface area contributed by atoms with Gasteiger partial charge in [-0.05, 0) is 56.7 Å². The smallest absolute Gasteiger partial charge is 0.0102 e. The molecule has 1 aromatic rings. The summed E-state index contributed by atoms with van der Waals surface area (Å²) in [6, 6.07) is 6.73. The third-order valence-corrected chi connectivity index (χ3v) is 5.02. The van der Waals surface area contributed by atoms with Crippen LogP contribution in [0.3, 0.4) is 0 Å². The molecule has 1 saturated carbocycles. The number of thioether (sulfide) groups is 1. The van der Waals surface area contributed by atoms with E-state index in [1.807, 2.05) is 11.8 Å². The lowest BCUT2D eigenvalue weighted by Crippen LogP contribution is -2.11. The number of rotatable bonds is 5. The van der Waals surface area contributed by atoms with E-state index in [0.29, 0.717) is 5.41 Å². The van der Waals surface area contributed by atoms with Gasteiger partial charge in [0.05, 0.1) is 0 Å². The SMILES string of the molecule is Cc1ccc(SCC2(CCN)CC2)c(C)c1. The summed E-state index contributed by atoms with van der Waals surface area (Å²) in [6.45, 7) is 5.20. The molecule has 0 bridgehead atoms. The number of aryl methyl sites for hydroxylation is 2. The molecule has 2 heteroatoms. The van der Waals surface area contributed by atoms with E-state index in [1.54, 1.807) is 0 Å². The predicted octanol–water partition coefficient (Wildman–Crippen LogP) is 3.52. The van der Waals surface area contributed by atoms with Crippen molar-refractivity contribution in [3.05, 3.63) is 29.3 Å². The molecule has 2 N–H and O–H groups in total. The second-order valence-electron chi connectivity index (χ2n) is 5.10. The monoisotopic (exact) mass is 235 g/mol. The number of nitrogens with two attached hydrogens (primary N) is 1. The number of hydrogen-bond donors (Lipinski definition) is 1. The molecule has 1 aliphatic carbocycles. The quantitative estimate of drug-likeness (QED) is 0.790. The van der Waals surface area contributed by atoms with Gasteiger partial charge < -0.3 is 5.73 Å². The van der Waals surface area contributed by atoms with Gasteiger partial charge in [-0.2, -0.15) is 0 Å². The van der Waals surface area contributed by atoms with E-state index in [-0.39, 0.29) is 0 Å². The van der Waals surface area contributed by atoms with Crippen LogP contribution in [0.25, 0.3) is 0 Å². The van der Waals surface area contributed by atoms with Gasteiger partial charge in [0.1, 0.15) is 0 Å². The summed E-state index contributed by atoms with van der Waals surface area (Å²) in [4.78, 5) is 1.44. The van der Waals surface area contributed by atoms with Crippen LogP contribution < -0.4 is 5.73 Å². The van der Waals surface area contributed by atoms with Crippen LogP contribution in [0.4, 0.5) is 0 Å². The molecule has 1 aromatic carbocycles. The molecule has 1 aliphatic rings. The first-order valence-electron chi connectivity index (χ1n) is 6.05. The van der Waals surface area contributed by atoms with Crippen LogP contribution >= 0.6 is 11.8 Å². The first-order valence-corrected chi connectivity index (χ1v) is 7.04. The van der Waals surface area contributed by atoms with Crippen LogP contribution in [0.5, 0.6) is 0 Å². The molecule has 88 valence electrons. The molecule has 0 heterocycles. The van der Waals surface area contributed by atoms with Gasteiger partial charge in [-0.25, -0.2) is 0 Å². The zero-order valence-electron chi connectivity index (χ0n) is 10.3. The fraction of sp³-hybridized carbons (Fsp3) is 0.571. The van der Waals surface area contributed by atoms with Crippen molar-refractivity contribution in [2.75, 3.05) is 12.3 Å². The standard InChI is InChI=1S/C14H21NS/c1-11-3-4-13(12(2)9-11)16-10-14(5-6-14)7-8-15/h3-4,9H,5-8,10,15H2,1-2H3. The van der Waals surface area contributed by atoms with Crippen molar-refractivity contribution in [1.29, 1.82) is 0 Å². The number of hydrogen-bond acceptors (Lipinski definition) is 2. The molecule has 1 fully saturated rings. The fourth-order valence-electron chi connectivity index (χ4n) is 2.14. The van der Waals surface area contributed by atoms with Gasteiger partial charge in [0.15, 0.2) is 0 Å². The Bertz CT molecular complexity index is 369. The van der Waals surface area contributed by atoms with Gasteiger partial charge in [-0.1, -0.05) is 17.7 Å². The normalized spacial score (nSPS) is 17.4. The average Bonchev–Trinajstić information content (AvgIpc) is 2.98. The molecule has 0 amide bonds. The Labute approximate surface area is 103 Å². The van der Waals surface area contributed by atoms with E-state index in [1.165, 1.54) is 41.0 Å². The van der Waals surface area contributed by atoms with E-state index >= 15 is 0 Å². The van der Waals surface area contributed by atoms with E-state index in [9.17, 15) is 0 Å². The number of benzene rings is 1. The van der Waals surface area contributed by atoms with Gasteiger partial charge in [0.2, 0.25) is 0 Å². The van der Waals surface area contributed by atoms with Crippen molar-refractivity contribution in [3.8, 4) is 0 Å². The van der Waals surface area contributed by atoms with E-state index in [0.717, 1.165) is 6.54 Å². The predicted molar refractivity (Wildman–Crippen MR) is 72.0 cm³/mol. The molecule has 0 saturated heterocycles. The van der Waals surface area contributed by atoms with Crippen molar-refractivity contribution >= 4 is 11.8 Å². The zero-order valence-corrected chi connectivity index (χ0v) is 11.1. The van der Waals surface area contributed by atoms with Gasteiger partial charge >= 0.3 is 0 Å². The van der Waals surface area contributed by atoms with Gasteiger partial charge in [0, 0.05) is 10.6 Å². The Morgan fingerprint density at radius 3 is 2.62 bits per heavy atom. The van der Waals surface area contributed by atoms with Crippen LogP contribution in [0, 0.1) is 19.3 Å². The van der Waals surface area contributed by atoms with Gasteiger partial charge in [-0.15, -0.1) is 11.8 Å². The Balaban J connectivity index is 1.94. The highest BCUT2D eigenvalue weighted by atomic mass is 32.2. The zero-order chi connectivity index (χ0) is 11.6. The third kappa shape index (κ3) is 2.80. The van der Waals surface area contributed by atoms with Crippen LogP contribution in [0.1, 0.15) is 30.4 Å². The van der Waals surface area contributed by atoms with Crippen molar-refractivity contribution in [2.45, 2.75) is 38.0 Å². The molecule has 0 spiro atoms. The van der Waals surface area contributed by atoms with Crippen LogP contribution in [0.15, 0.2) is 23.1 Å². The van der Waals surface area contributed by atoms with Crippen molar-refractivity contribution < 1.29 is 0 Å². The van der Waals surface area contributed by atoms with Gasteiger partial charge in [0.25, 0.3) is 0 Å². The second-order valence-corrected chi connectivity index (χ2v) is 6.11. The summed E-state index contributed by atoms with van der Waals surface area (Å²) in [5.41, 5.74) is 9.01. The van der Waals surface area contributed by atoms with E-state index < -0.39 is 0 Å². The highest BCUT2D eigenvalue weighted by Gasteiger charge is 2.41. The fourth-order valence-corrected chi connectivity index (χ4v) is 3.49. The second kappa shape index (κ2) is 4.80. The lowest BCUT2D eigenvalue weighted by atomic mass is 10.1. The van der Waals surface area contributed by atoms with E-state index in [2.05, 4.69) is 32.0 Å². The molecule has 1 nitrogen and oxygen atoms in total. The maximum atomic E-state index is 5.66. The molecule has 0 unspecified atom stereocenters. The first kappa shape index (κ1) is 12.0. The summed E-state index contributed by atoms with van der Waals surface area (Å²) in [7, 11) is 0. The lowest BCUT2D eigenvalue weighted by molar-refractivity contribution is 0.537. The molecule has 2 rings (SSSR count). The molecular formula is C14H21NS. The lowest BCUT2D eigenvalue weighted by Gasteiger charge is -2.14. The maximum Gasteiger partial charge on any atom is 0.0102 e. The van der Waals surface area contributed by atoms with Crippen molar-refractivity contribution in [1.82, 2.24) is 0 Å². The van der Waals surface area contributed by atoms with Crippen LogP contribution in [-0.4, -0.2) is 12.3 Å². The minimum Gasteiger partial charge on any atom is -0.330 e. The van der Waals surface area contributed by atoms with Crippen molar-refractivity contribution in [2.24, 2.45) is 11.1 Å². The Kier molecular flexibility index (Phi) is 3.60.